The fourth-order valence-electron chi connectivity index (χ4n) is 18.6. The maximum Gasteiger partial charge on any atom is 0.143 e. The van der Waals surface area contributed by atoms with Crippen LogP contribution in [-0.2, 0) is 5.41 Å². The van der Waals surface area contributed by atoms with Gasteiger partial charge in [-0.15, -0.1) is 0 Å². The molecule has 0 unspecified atom stereocenters. The maximum atomic E-state index is 7.11. The van der Waals surface area contributed by atoms with E-state index in [2.05, 4.69) is 346 Å². The highest BCUT2D eigenvalue weighted by molar-refractivity contribution is 6.25. The summed E-state index contributed by atoms with van der Waals surface area (Å²) in [6.07, 6.45) is 7.11. The molecule has 0 amide bonds. The van der Waals surface area contributed by atoms with Gasteiger partial charge in [0, 0.05) is 90.1 Å². The van der Waals surface area contributed by atoms with E-state index in [1.165, 1.54) is 77.2 Å². The SMILES string of the molecule is c1cc(-c2ccc3c(c2)c2ccccc2c2nccnc32)cc(-c2cccc3c2oc2c(-c4ccc5c(c4)C4(c6ccccc6-c6ccccc64)c4ccccc4-5)cccc23)c1.c1ccc(-c2ccc(-c3cccc4c3oc3c(-c5cccc(-c6ccc7c(c6)c6ccccc6c6nccnc76)c5)cccc34)cc2)cc1. The van der Waals surface area contributed by atoms with Crippen LogP contribution >= 0.6 is 0 Å². The van der Waals surface area contributed by atoms with Gasteiger partial charge in [-0.25, -0.2) is 0 Å². The first kappa shape index (κ1) is 62.5. The normalized spacial score (nSPS) is 12.6. The van der Waals surface area contributed by atoms with Crippen LogP contribution in [0.5, 0.6) is 0 Å². The van der Waals surface area contributed by atoms with Crippen molar-refractivity contribution in [2.24, 2.45) is 0 Å². The fourth-order valence-corrected chi connectivity index (χ4v) is 18.6. The van der Waals surface area contributed by atoms with Crippen molar-refractivity contribution in [3.8, 4) is 100 Å². The van der Waals surface area contributed by atoms with E-state index < -0.39 is 5.41 Å². The Balaban J connectivity index is 0.000000137. The van der Waals surface area contributed by atoms with Crippen molar-refractivity contribution in [2.75, 3.05) is 0 Å². The van der Waals surface area contributed by atoms with Gasteiger partial charge in [-0.2, -0.15) is 0 Å². The summed E-state index contributed by atoms with van der Waals surface area (Å²) in [4.78, 5) is 18.9. The van der Waals surface area contributed by atoms with E-state index in [1.54, 1.807) is 24.8 Å². The summed E-state index contributed by atoms with van der Waals surface area (Å²) in [5.41, 5.74) is 33.3. The number of hydrogen-bond acceptors (Lipinski definition) is 6. The average molecular weight is 1410 g/mol. The molecule has 6 heteroatoms. The Kier molecular flexibility index (Phi) is 13.9. The number of hydrogen-bond donors (Lipinski definition) is 0. The molecular weight excluding hydrogens is 1350 g/mol. The third kappa shape index (κ3) is 9.51. The lowest BCUT2D eigenvalue weighted by atomic mass is 9.70. The molecule has 22 aromatic rings. The first-order chi connectivity index (χ1) is 55.1. The Morgan fingerprint density at radius 3 is 0.883 bits per heavy atom. The highest BCUT2D eigenvalue weighted by atomic mass is 16.3. The Hall–Kier alpha value is -14.7. The summed E-state index contributed by atoms with van der Waals surface area (Å²) in [6, 6.07) is 127. The predicted molar refractivity (Wildman–Crippen MR) is 458 cm³/mol. The summed E-state index contributed by atoms with van der Waals surface area (Å²) >= 11 is 0. The van der Waals surface area contributed by atoms with Gasteiger partial charge in [-0.1, -0.05) is 322 Å². The monoisotopic (exact) mass is 1410 g/mol. The molecule has 24 rings (SSSR count). The van der Waals surface area contributed by atoms with Crippen molar-refractivity contribution in [3.63, 3.8) is 0 Å². The second-order valence-electron chi connectivity index (χ2n) is 29.3. The van der Waals surface area contributed by atoms with Crippen molar-refractivity contribution >= 4 is 109 Å². The fraction of sp³-hybridized carbons (Fsp3) is 0.00952. The lowest BCUT2D eigenvalue weighted by molar-refractivity contribution is 0.670. The van der Waals surface area contributed by atoms with Crippen LogP contribution < -0.4 is 0 Å². The van der Waals surface area contributed by atoms with Crippen molar-refractivity contribution in [2.45, 2.75) is 5.41 Å². The first-order valence-corrected chi connectivity index (χ1v) is 37.9. The van der Waals surface area contributed by atoms with Crippen LogP contribution in [0.1, 0.15) is 22.3 Å². The summed E-state index contributed by atoms with van der Waals surface area (Å²) < 4.78 is 13.9. The maximum absolute atomic E-state index is 7.11. The van der Waals surface area contributed by atoms with Gasteiger partial charge in [0.1, 0.15) is 22.3 Å². The summed E-state index contributed by atoms with van der Waals surface area (Å²) in [6.45, 7) is 0. The zero-order chi connectivity index (χ0) is 72.8. The van der Waals surface area contributed by atoms with E-state index in [9.17, 15) is 0 Å². The van der Waals surface area contributed by atoms with Gasteiger partial charge in [-0.05, 0) is 152 Å². The van der Waals surface area contributed by atoms with Crippen molar-refractivity contribution in [1.29, 1.82) is 0 Å². The van der Waals surface area contributed by atoms with E-state index in [-0.39, 0.29) is 0 Å². The molecule has 6 nitrogen and oxygen atoms in total. The minimum absolute atomic E-state index is 0.408. The molecule has 2 aliphatic rings. The number of aromatic nitrogens is 4. The van der Waals surface area contributed by atoms with Gasteiger partial charge >= 0.3 is 0 Å². The van der Waals surface area contributed by atoms with Crippen LogP contribution in [0.3, 0.4) is 0 Å². The number of para-hydroxylation sites is 4. The summed E-state index contributed by atoms with van der Waals surface area (Å²) in [5.74, 6) is 0. The Morgan fingerprint density at radius 2 is 0.441 bits per heavy atom. The van der Waals surface area contributed by atoms with Crippen LogP contribution in [0.4, 0.5) is 0 Å². The lowest BCUT2D eigenvalue weighted by Gasteiger charge is -2.30. The lowest BCUT2D eigenvalue weighted by Crippen LogP contribution is -2.25. The molecular formula is C105H62N4O2. The number of fused-ring (bicyclic) bond motifs is 28. The molecule has 514 valence electrons. The van der Waals surface area contributed by atoms with Crippen molar-refractivity contribution < 1.29 is 8.83 Å². The molecule has 2 aliphatic carbocycles. The molecule has 0 saturated heterocycles. The van der Waals surface area contributed by atoms with Gasteiger partial charge in [-0.3, -0.25) is 19.9 Å². The van der Waals surface area contributed by atoms with Crippen LogP contribution in [0.2, 0.25) is 0 Å². The second-order valence-corrected chi connectivity index (χ2v) is 29.3. The number of nitrogens with zero attached hydrogens (tertiary/aromatic N) is 4. The van der Waals surface area contributed by atoms with Crippen LogP contribution in [-0.4, -0.2) is 19.9 Å². The number of rotatable bonds is 7. The smallest absolute Gasteiger partial charge is 0.143 e. The molecule has 0 saturated carbocycles. The molecule has 0 atom stereocenters. The molecule has 0 bridgehead atoms. The third-order valence-corrected chi connectivity index (χ3v) is 23.6. The van der Waals surface area contributed by atoms with Gasteiger partial charge in [0.25, 0.3) is 0 Å². The molecule has 4 aromatic heterocycles. The minimum atomic E-state index is -0.408. The van der Waals surface area contributed by atoms with E-state index in [4.69, 9.17) is 28.8 Å². The van der Waals surface area contributed by atoms with E-state index in [0.717, 1.165) is 154 Å². The Morgan fingerprint density at radius 1 is 0.162 bits per heavy atom. The standard InChI is InChI=1S/C59H34N2O.C46H28N2O/c1-2-18-46-41(14-1)50-33-36(26-29-47(50)56-55(46)60-30-31-61-56)35-12-9-13-37(32-35)39-19-10-21-48-49-22-11-20-40(58(49)62-57(39)48)38-27-28-45-44-17-5-8-25-53(44)59(54(45)34-38)51-23-6-3-15-42(51)43-16-4-7-24-52(43)59;1-2-9-29(10-3-1)30-19-21-31(22-20-30)35-15-7-17-40-41-18-8-16-36(46(41)49-45(35)40)34-12-6-11-32(27-34)33-23-24-39-42(28-33)37-13-4-5-14-38(37)43-44(39)48-26-25-47-43/h1-34H;1-28H. The zero-order valence-corrected chi connectivity index (χ0v) is 59.9. The summed E-state index contributed by atoms with van der Waals surface area (Å²) in [7, 11) is 0. The Bertz CT molecular complexity index is 7530. The third-order valence-electron chi connectivity index (χ3n) is 23.6. The zero-order valence-electron chi connectivity index (χ0n) is 59.9. The Labute approximate surface area is 638 Å². The topological polar surface area (TPSA) is 77.8 Å². The molecule has 1 spiro atoms. The highest BCUT2D eigenvalue weighted by Gasteiger charge is 2.51. The average Bonchev–Trinajstić information content (AvgIpc) is 1.49. The van der Waals surface area contributed by atoms with E-state index >= 15 is 0 Å². The van der Waals surface area contributed by atoms with Crippen LogP contribution in [0, 0.1) is 0 Å². The molecule has 0 N–H and O–H groups in total. The molecule has 0 fully saturated rings. The number of furan rings is 2. The molecule has 18 aromatic carbocycles. The molecule has 0 radical (unpaired) electrons. The largest absolute Gasteiger partial charge is 0.455 e. The number of benzene rings is 18. The van der Waals surface area contributed by atoms with Crippen LogP contribution in [0.25, 0.3) is 209 Å². The van der Waals surface area contributed by atoms with Crippen molar-refractivity contribution in [1.82, 2.24) is 19.9 Å². The quantitative estimate of drug-likeness (QED) is 0.148. The summed E-state index contributed by atoms with van der Waals surface area (Å²) in [5, 5.41) is 13.6. The molecule has 4 heterocycles. The van der Waals surface area contributed by atoms with Crippen molar-refractivity contribution in [3.05, 3.63) is 399 Å². The first-order valence-electron chi connectivity index (χ1n) is 37.9. The van der Waals surface area contributed by atoms with E-state index in [1.807, 2.05) is 6.07 Å². The van der Waals surface area contributed by atoms with E-state index in [0.29, 0.717) is 0 Å². The van der Waals surface area contributed by atoms with Gasteiger partial charge in [0.05, 0.1) is 27.5 Å². The predicted octanol–water partition coefficient (Wildman–Crippen LogP) is 27.7. The van der Waals surface area contributed by atoms with Crippen LogP contribution in [0.15, 0.2) is 385 Å². The van der Waals surface area contributed by atoms with Gasteiger partial charge in [0.15, 0.2) is 0 Å². The van der Waals surface area contributed by atoms with Gasteiger partial charge < -0.3 is 8.83 Å². The highest BCUT2D eigenvalue weighted by Crippen LogP contribution is 2.63. The molecule has 0 aliphatic heterocycles. The second kappa shape index (κ2) is 24.7. The minimum Gasteiger partial charge on any atom is -0.455 e. The molecule has 111 heavy (non-hydrogen) atoms. The van der Waals surface area contributed by atoms with Gasteiger partial charge in [0.2, 0.25) is 0 Å².